The van der Waals surface area contributed by atoms with Crippen LogP contribution in [-0.2, 0) is 0 Å². The summed E-state index contributed by atoms with van der Waals surface area (Å²) in [4.78, 5) is 3.52. The van der Waals surface area contributed by atoms with Crippen molar-refractivity contribution >= 4 is 134 Å². The number of para-hydroxylation sites is 2. The van der Waals surface area contributed by atoms with Crippen molar-refractivity contribution in [2.45, 2.75) is 16.7 Å². The highest BCUT2D eigenvalue weighted by Gasteiger charge is 2.39. The summed E-state index contributed by atoms with van der Waals surface area (Å²) < 4.78 is 2.24. The summed E-state index contributed by atoms with van der Waals surface area (Å²) in [5.41, 5.74) is 14.8. The largest absolute Gasteiger partial charge is 0.506 e. The molecule has 74 heavy (non-hydrogen) atoms. The molecule has 0 spiro atoms. The molecular weight excluding hydrogens is 921 g/mol. The summed E-state index contributed by atoms with van der Waals surface area (Å²) in [6, 6.07) is 69.7. The van der Waals surface area contributed by atoms with Crippen LogP contribution in [0.4, 0.5) is 17.1 Å². The molecule has 0 saturated heterocycles. The second-order valence-electron chi connectivity index (χ2n) is 19.7. The molecule has 0 fully saturated rings. The van der Waals surface area contributed by atoms with Gasteiger partial charge < -0.3 is 24.8 Å². The molecule has 348 valence electrons. The van der Waals surface area contributed by atoms with Crippen molar-refractivity contribution in [1.82, 2.24) is 4.57 Å². The zero-order chi connectivity index (χ0) is 50.1. The number of aryl methyl sites for hydroxylation is 1. The minimum atomic E-state index is -0.389. The quantitative estimate of drug-likeness (QED) is 0.0694. The Bertz CT molecular complexity index is 4560. The summed E-state index contributed by atoms with van der Waals surface area (Å²) in [6.07, 6.45) is 0. The molecule has 5 nitrogen and oxygen atoms in total. The van der Waals surface area contributed by atoms with Gasteiger partial charge in [0.1, 0.15) is 35.0 Å². The van der Waals surface area contributed by atoms with E-state index in [1.54, 1.807) is 0 Å². The SMILES string of the molecule is Bc1c(B)c2c(c(B)c1-c1c(-c3ccccc3)c3ccccc3c3c(C)cccc13)Sc1c(O)c(-c3ccc4c(c3)c3ccccc3n4-c3ccccc3)c(O)c(O)c1N2c1cc2ccccc2c2ccccc12. The van der Waals surface area contributed by atoms with Crippen LogP contribution in [0, 0.1) is 6.92 Å². The number of fused-ring (bicyclic) bond motifs is 11. The molecule has 0 amide bonds. The Morgan fingerprint density at radius 1 is 0.392 bits per heavy atom. The second-order valence-corrected chi connectivity index (χ2v) is 20.7. The summed E-state index contributed by atoms with van der Waals surface area (Å²) in [7, 11) is 6.63. The van der Waals surface area contributed by atoms with E-state index in [0.29, 0.717) is 16.1 Å². The van der Waals surface area contributed by atoms with Gasteiger partial charge >= 0.3 is 0 Å². The highest BCUT2D eigenvalue weighted by Crippen LogP contribution is 2.63. The van der Waals surface area contributed by atoms with E-state index in [9.17, 15) is 15.3 Å². The molecule has 1 aliphatic rings. The van der Waals surface area contributed by atoms with Gasteiger partial charge in [0, 0.05) is 26.7 Å². The van der Waals surface area contributed by atoms with E-state index in [-0.39, 0.29) is 22.8 Å². The first-order valence-corrected chi connectivity index (χ1v) is 25.9. The van der Waals surface area contributed by atoms with Crippen LogP contribution < -0.4 is 21.3 Å². The third-order valence-electron chi connectivity index (χ3n) is 15.8. The monoisotopic (exact) mass is 966 g/mol. The maximum absolute atomic E-state index is 13.2. The minimum absolute atomic E-state index is 0.108. The molecule has 12 aromatic carbocycles. The lowest BCUT2D eigenvalue weighted by Gasteiger charge is -2.39. The van der Waals surface area contributed by atoms with Crippen molar-refractivity contribution in [3.8, 4) is 56.3 Å². The zero-order valence-electron chi connectivity index (χ0n) is 41.2. The van der Waals surface area contributed by atoms with Gasteiger partial charge in [0.2, 0.25) is 0 Å². The lowest BCUT2D eigenvalue weighted by Crippen LogP contribution is -2.40. The number of aromatic nitrogens is 1. The van der Waals surface area contributed by atoms with Crippen LogP contribution in [0.2, 0.25) is 0 Å². The first-order valence-electron chi connectivity index (χ1n) is 25.1. The van der Waals surface area contributed by atoms with Crippen LogP contribution in [0.1, 0.15) is 5.56 Å². The molecule has 0 aliphatic carbocycles. The minimum Gasteiger partial charge on any atom is -0.506 e. The molecule has 0 atom stereocenters. The molecule has 13 aromatic rings. The predicted octanol–water partition coefficient (Wildman–Crippen LogP) is 12.5. The highest BCUT2D eigenvalue weighted by atomic mass is 32.2. The molecule has 0 unspecified atom stereocenters. The Balaban J connectivity index is 1.09. The van der Waals surface area contributed by atoms with E-state index in [1.165, 1.54) is 44.4 Å². The average Bonchev–Trinajstić information content (AvgIpc) is 3.78. The molecule has 2 heterocycles. The number of hydrogen-bond donors (Lipinski definition) is 3. The van der Waals surface area contributed by atoms with Gasteiger partial charge in [-0.3, -0.25) is 0 Å². The van der Waals surface area contributed by atoms with Crippen LogP contribution in [0.5, 0.6) is 17.2 Å². The lowest BCUT2D eigenvalue weighted by molar-refractivity contribution is 0.396. The normalized spacial score (nSPS) is 12.4. The molecule has 0 bridgehead atoms. The first-order chi connectivity index (χ1) is 36.2. The van der Waals surface area contributed by atoms with Crippen LogP contribution in [0.15, 0.2) is 210 Å². The highest BCUT2D eigenvalue weighted by molar-refractivity contribution is 8.00. The fraction of sp³-hybridized carbons (Fsp3) is 0.0154. The van der Waals surface area contributed by atoms with Gasteiger partial charge in [-0.05, 0) is 114 Å². The Morgan fingerprint density at radius 3 is 1.78 bits per heavy atom. The summed E-state index contributed by atoms with van der Waals surface area (Å²) >= 11 is 1.46. The Hall–Kier alpha value is -8.78. The van der Waals surface area contributed by atoms with Crippen molar-refractivity contribution in [3.05, 3.63) is 206 Å². The van der Waals surface area contributed by atoms with Crippen LogP contribution >= 0.6 is 11.8 Å². The predicted molar refractivity (Wildman–Crippen MR) is 320 cm³/mol. The Kier molecular flexibility index (Phi) is 9.88. The van der Waals surface area contributed by atoms with Crippen LogP contribution in [0.3, 0.4) is 0 Å². The van der Waals surface area contributed by atoms with Crippen molar-refractivity contribution in [3.63, 3.8) is 0 Å². The topological polar surface area (TPSA) is 68.9 Å². The fourth-order valence-corrected chi connectivity index (χ4v) is 13.7. The van der Waals surface area contributed by atoms with Gasteiger partial charge in [-0.15, -0.1) is 0 Å². The number of aromatic hydroxyl groups is 3. The molecule has 0 radical (unpaired) electrons. The average molecular weight is 967 g/mol. The third-order valence-corrected chi connectivity index (χ3v) is 17.1. The summed E-state index contributed by atoms with van der Waals surface area (Å²) in [6.45, 7) is 2.21. The Morgan fingerprint density at radius 2 is 1.01 bits per heavy atom. The number of rotatable bonds is 5. The van der Waals surface area contributed by atoms with Crippen molar-refractivity contribution in [1.29, 1.82) is 0 Å². The van der Waals surface area contributed by atoms with E-state index in [1.807, 2.05) is 54.6 Å². The van der Waals surface area contributed by atoms with Gasteiger partial charge in [-0.1, -0.05) is 192 Å². The molecule has 0 saturated carbocycles. The Labute approximate surface area is 434 Å². The lowest BCUT2D eigenvalue weighted by atomic mass is 9.68. The standard InChI is InChI=1S/C65H45B3N2O3S/c1-35-17-16-29-46-51(35)44-27-12-13-28-45(44)52(36-18-4-2-5-19-36)54(46)55-56(66)58(68)59-64(57(55)67)74-65-60(70(59)50-34-37-20-8-9-23-40(37)41-24-10-11-25-42(41)50)63(73)61(71)53(62(65)72)38-31-32-49-47(33-38)43-26-14-15-30-48(43)69(49)39-21-6-3-7-22-39/h2-34,71-73H,66-68H2,1H3. The van der Waals surface area contributed by atoms with Gasteiger partial charge in [0.15, 0.2) is 11.5 Å². The number of phenolic OH excluding ortho intramolecular Hbond substituents is 3. The summed E-state index contributed by atoms with van der Waals surface area (Å²) in [5.74, 6) is -0.806. The zero-order valence-corrected chi connectivity index (χ0v) is 42.0. The van der Waals surface area contributed by atoms with Crippen LogP contribution in [-0.4, -0.2) is 43.4 Å². The third kappa shape index (κ3) is 6.23. The van der Waals surface area contributed by atoms with E-state index >= 15 is 0 Å². The maximum Gasteiger partial charge on any atom is 0.184 e. The smallest absolute Gasteiger partial charge is 0.184 e. The van der Waals surface area contributed by atoms with Gasteiger partial charge in [0.05, 0.1) is 32.9 Å². The van der Waals surface area contributed by atoms with Crippen LogP contribution in [0.25, 0.3) is 104 Å². The van der Waals surface area contributed by atoms with E-state index in [4.69, 9.17) is 0 Å². The molecular formula is C65H45B3N2O3S. The van der Waals surface area contributed by atoms with E-state index < -0.39 is 0 Å². The molecule has 9 heteroatoms. The number of benzene rings is 12. The van der Waals surface area contributed by atoms with Gasteiger partial charge in [0.25, 0.3) is 0 Å². The van der Waals surface area contributed by atoms with Crippen molar-refractivity contribution < 1.29 is 15.3 Å². The van der Waals surface area contributed by atoms with Crippen molar-refractivity contribution in [2.24, 2.45) is 0 Å². The first kappa shape index (κ1) is 44.0. The molecule has 1 aliphatic heterocycles. The van der Waals surface area contributed by atoms with Crippen molar-refractivity contribution in [2.75, 3.05) is 4.90 Å². The molecule has 3 N–H and O–H groups in total. The van der Waals surface area contributed by atoms with Gasteiger partial charge in [-0.25, -0.2) is 0 Å². The number of hydrogen-bond acceptors (Lipinski definition) is 5. The number of anilines is 3. The molecule has 14 rings (SSSR count). The second kappa shape index (κ2) is 16.6. The number of phenols is 3. The molecule has 1 aromatic heterocycles. The maximum atomic E-state index is 13.2. The van der Waals surface area contributed by atoms with E-state index in [0.717, 1.165) is 98.4 Å². The fourth-order valence-electron chi connectivity index (χ4n) is 12.4. The van der Waals surface area contributed by atoms with Gasteiger partial charge in [-0.2, -0.15) is 0 Å². The van der Waals surface area contributed by atoms with E-state index in [2.05, 4.69) is 186 Å². The number of nitrogens with zero attached hydrogens (tertiary/aromatic N) is 2. The summed E-state index contributed by atoms with van der Waals surface area (Å²) in [5, 5.41) is 49.7.